The average molecular weight is 545 g/mol. The van der Waals surface area contributed by atoms with Crippen LogP contribution < -0.4 is 15.4 Å². The van der Waals surface area contributed by atoms with Crippen LogP contribution in [0, 0.1) is 11.6 Å². The van der Waals surface area contributed by atoms with Gasteiger partial charge in [-0.3, -0.25) is 0 Å². The predicted molar refractivity (Wildman–Crippen MR) is 140 cm³/mol. The molecule has 38 heavy (non-hydrogen) atoms. The predicted octanol–water partition coefficient (Wildman–Crippen LogP) is 3.85. The summed E-state index contributed by atoms with van der Waals surface area (Å²) in [6, 6.07) is 15.4. The fourth-order valence-corrected chi connectivity index (χ4v) is 6.24. The molecule has 1 aliphatic heterocycles. The van der Waals surface area contributed by atoms with Gasteiger partial charge in [0.2, 0.25) is 0 Å². The van der Waals surface area contributed by atoms with E-state index in [1.807, 2.05) is 25.1 Å². The quantitative estimate of drug-likeness (QED) is 0.378. The lowest BCUT2D eigenvalue weighted by Crippen LogP contribution is -2.50. The normalized spacial score (nSPS) is 17.7. The number of halogens is 2. The van der Waals surface area contributed by atoms with Crippen LogP contribution in [0.25, 0.3) is 0 Å². The highest BCUT2D eigenvalue weighted by molar-refractivity contribution is 7.90. The van der Waals surface area contributed by atoms with Crippen LogP contribution in [-0.4, -0.2) is 44.1 Å². The van der Waals surface area contributed by atoms with Crippen LogP contribution >= 0.6 is 0 Å². The summed E-state index contributed by atoms with van der Waals surface area (Å²) >= 11 is 0. The number of carbonyl (C=O) groups is 1. The molecule has 7 nitrogen and oxygen atoms in total. The summed E-state index contributed by atoms with van der Waals surface area (Å²) in [5.74, 6) is -1.47. The van der Waals surface area contributed by atoms with Gasteiger partial charge < -0.3 is 20.5 Å². The van der Waals surface area contributed by atoms with E-state index in [4.69, 9.17) is 4.74 Å². The lowest BCUT2D eigenvalue weighted by molar-refractivity contribution is 0.117. The molecule has 0 saturated carbocycles. The Morgan fingerprint density at radius 2 is 1.76 bits per heavy atom. The van der Waals surface area contributed by atoms with Crippen LogP contribution in [0.1, 0.15) is 35.2 Å². The molecule has 10 heteroatoms. The molecule has 1 heterocycles. The molecule has 3 unspecified atom stereocenters. The topological polar surface area (TPSA) is 105 Å². The second-order valence-corrected chi connectivity index (χ2v) is 11.5. The maximum Gasteiger partial charge on any atom is 0.412 e. The van der Waals surface area contributed by atoms with Crippen molar-refractivity contribution in [3.63, 3.8) is 0 Å². The molecule has 0 bridgehead atoms. The molecule has 3 aromatic rings. The van der Waals surface area contributed by atoms with E-state index in [1.54, 1.807) is 30.3 Å². The van der Waals surface area contributed by atoms with Crippen LogP contribution in [-0.2, 0) is 28.4 Å². The molecule has 3 aromatic carbocycles. The van der Waals surface area contributed by atoms with Crippen molar-refractivity contribution < 1.29 is 31.8 Å². The van der Waals surface area contributed by atoms with Crippen LogP contribution in [0.3, 0.4) is 0 Å². The first-order chi connectivity index (χ1) is 18.1. The van der Waals surface area contributed by atoms with Crippen molar-refractivity contribution in [2.45, 2.75) is 43.7 Å². The van der Waals surface area contributed by atoms with Gasteiger partial charge in [-0.25, -0.2) is 22.0 Å². The summed E-state index contributed by atoms with van der Waals surface area (Å²) in [5.41, 5.74) is 2.85. The Hall–Kier alpha value is -3.34. The van der Waals surface area contributed by atoms with Gasteiger partial charge in [-0.1, -0.05) is 43.3 Å². The van der Waals surface area contributed by atoms with E-state index in [-0.39, 0.29) is 35.8 Å². The maximum absolute atomic E-state index is 13.8. The number of aliphatic hydroxyl groups excluding tert-OH is 1. The Morgan fingerprint density at radius 1 is 1.05 bits per heavy atom. The average Bonchev–Trinajstić information content (AvgIpc) is 2.86. The number of hydrogen-bond acceptors (Lipinski definition) is 6. The van der Waals surface area contributed by atoms with Crippen molar-refractivity contribution >= 4 is 15.9 Å². The molecule has 1 aliphatic rings. The first kappa shape index (κ1) is 27.7. The van der Waals surface area contributed by atoms with Crippen LogP contribution in [0.15, 0.2) is 66.7 Å². The number of hydrogen-bond donors (Lipinski definition) is 3. The van der Waals surface area contributed by atoms with Crippen molar-refractivity contribution in [1.29, 1.82) is 0 Å². The number of fused-ring (bicyclic) bond motifs is 1. The first-order valence-electron chi connectivity index (χ1n) is 12.3. The number of ether oxygens (including phenoxy) is 1. The van der Waals surface area contributed by atoms with E-state index < -0.39 is 45.8 Å². The van der Waals surface area contributed by atoms with Crippen molar-refractivity contribution in [3.8, 4) is 5.75 Å². The molecule has 0 aromatic heterocycles. The second kappa shape index (κ2) is 12.0. The van der Waals surface area contributed by atoms with Crippen LogP contribution in [0.4, 0.5) is 13.6 Å². The number of rotatable bonds is 9. The molecule has 202 valence electrons. The Labute approximate surface area is 220 Å². The summed E-state index contributed by atoms with van der Waals surface area (Å²) in [6.07, 6.45) is -1.40. The lowest BCUT2D eigenvalue weighted by atomic mass is 9.97. The number of aliphatic hydroxyl groups is 1. The van der Waals surface area contributed by atoms with Gasteiger partial charge in [-0.05, 0) is 59.4 Å². The van der Waals surface area contributed by atoms with Crippen LogP contribution in [0.5, 0.6) is 5.75 Å². The fraction of sp³-hybridized carbons (Fsp3) is 0.321. The van der Waals surface area contributed by atoms with E-state index in [9.17, 15) is 27.1 Å². The molecular formula is C28H30F2N2O5S. The number of amides is 1. The van der Waals surface area contributed by atoms with Crippen LogP contribution in [0.2, 0.25) is 0 Å². The van der Waals surface area contributed by atoms with Gasteiger partial charge in [0.15, 0.2) is 9.84 Å². The van der Waals surface area contributed by atoms with Gasteiger partial charge in [0.05, 0.1) is 23.7 Å². The molecule has 3 atom stereocenters. The van der Waals surface area contributed by atoms with Gasteiger partial charge in [-0.15, -0.1) is 0 Å². The van der Waals surface area contributed by atoms with E-state index in [1.165, 1.54) is 0 Å². The van der Waals surface area contributed by atoms with Crippen molar-refractivity contribution in [1.82, 2.24) is 10.6 Å². The highest BCUT2D eigenvalue weighted by atomic mass is 32.2. The fourth-order valence-electron chi connectivity index (χ4n) is 4.58. The standard InChI is InChI=1S/C28H30F2N2O5S/c1-2-18-8-9-20-16-38(35,36)17-26(24(20)12-18)31-15-27(33)25(13-19-10-21(29)14-22(30)11-19)32-28(34)37-23-6-4-3-5-7-23/h3-12,14,25-27,31,33H,2,13,15-17H2,1H3,(H,32,34). The first-order valence-corrected chi connectivity index (χ1v) is 14.2. The van der Waals surface area contributed by atoms with E-state index >= 15 is 0 Å². The van der Waals surface area contributed by atoms with Gasteiger partial charge >= 0.3 is 6.09 Å². The van der Waals surface area contributed by atoms with Gasteiger partial charge in [0.25, 0.3) is 0 Å². The van der Waals surface area contributed by atoms with E-state index in [2.05, 4.69) is 10.6 Å². The Bertz CT molecular complexity index is 1360. The number of nitrogens with one attached hydrogen (secondary N) is 2. The number of aryl methyl sites for hydroxylation is 1. The second-order valence-electron chi connectivity index (χ2n) is 9.40. The number of para-hydroxylation sites is 1. The Morgan fingerprint density at radius 3 is 2.45 bits per heavy atom. The minimum absolute atomic E-state index is 0.0479. The number of carbonyl (C=O) groups excluding carboxylic acids is 1. The summed E-state index contributed by atoms with van der Waals surface area (Å²) in [5, 5.41) is 16.8. The maximum atomic E-state index is 13.8. The highest BCUT2D eigenvalue weighted by Crippen LogP contribution is 2.29. The van der Waals surface area contributed by atoms with Crippen molar-refractivity contribution in [3.05, 3.63) is 101 Å². The van der Waals surface area contributed by atoms with Gasteiger partial charge in [0, 0.05) is 18.7 Å². The third-order valence-corrected chi connectivity index (χ3v) is 8.05. The van der Waals surface area contributed by atoms with Crippen molar-refractivity contribution in [2.24, 2.45) is 0 Å². The summed E-state index contributed by atoms with van der Waals surface area (Å²) < 4.78 is 58.0. The zero-order chi connectivity index (χ0) is 27.3. The molecule has 0 radical (unpaired) electrons. The summed E-state index contributed by atoms with van der Waals surface area (Å²) in [4.78, 5) is 12.6. The Kier molecular flexibility index (Phi) is 8.76. The highest BCUT2D eigenvalue weighted by Gasteiger charge is 2.31. The smallest absolute Gasteiger partial charge is 0.410 e. The zero-order valence-electron chi connectivity index (χ0n) is 20.9. The van der Waals surface area contributed by atoms with Gasteiger partial charge in [-0.2, -0.15) is 0 Å². The molecule has 0 fully saturated rings. The zero-order valence-corrected chi connectivity index (χ0v) is 21.7. The van der Waals surface area contributed by atoms with E-state index in [0.29, 0.717) is 5.56 Å². The largest absolute Gasteiger partial charge is 0.412 e. The molecule has 3 N–H and O–H groups in total. The summed E-state index contributed by atoms with van der Waals surface area (Å²) in [6.45, 7) is 1.91. The molecule has 0 saturated heterocycles. The summed E-state index contributed by atoms with van der Waals surface area (Å²) in [7, 11) is -3.36. The number of benzene rings is 3. The molecule has 0 spiro atoms. The molecule has 4 rings (SSSR count). The third kappa shape index (κ3) is 7.37. The SMILES string of the molecule is CCc1ccc2c(c1)C(NCC(O)C(Cc1cc(F)cc(F)c1)NC(=O)Oc1ccccc1)CS(=O)(=O)C2. The monoisotopic (exact) mass is 544 g/mol. The minimum atomic E-state index is -3.36. The van der Waals surface area contributed by atoms with E-state index in [0.717, 1.165) is 35.7 Å². The third-order valence-electron chi connectivity index (χ3n) is 6.46. The van der Waals surface area contributed by atoms with Crippen molar-refractivity contribution in [2.75, 3.05) is 12.3 Å². The van der Waals surface area contributed by atoms with Gasteiger partial charge in [0.1, 0.15) is 17.4 Å². The number of sulfone groups is 1. The molecular weight excluding hydrogens is 514 g/mol. The lowest BCUT2D eigenvalue weighted by Gasteiger charge is -2.30. The molecule has 1 amide bonds. The minimum Gasteiger partial charge on any atom is -0.410 e. The molecule has 0 aliphatic carbocycles. The Balaban J connectivity index is 1.51.